The number of urea groups is 1. The van der Waals surface area contributed by atoms with Crippen molar-refractivity contribution in [3.63, 3.8) is 0 Å². The Balaban J connectivity index is 1.48. The van der Waals surface area contributed by atoms with Crippen molar-refractivity contribution in [1.29, 1.82) is 0 Å². The van der Waals surface area contributed by atoms with Crippen LogP contribution in [0.25, 0.3) is 11.0 Å². The van der Waals surface area contributed by atoms with Gasteiger partial charge in [0.2, 0.25) is 0 Å². The van der Waals surface area contributed by atoms with E-state index in [0.717, 1.165) is 13.8 Å². The number of fused-ring (bicyclic) bond motifs is 1. The highest BCUT2D eigenvalue weighted by molar-refractivity contribution is 5.93. The molecule has 1 aliphatic heterocycles. The van der Waals surface area contributed by atoms with Gasteiger partial charge in [-0.2, -0.15) is 26.3 Å². The predicted octanol–water partition coefficient (Wildman–Crippen LogP) is 4.26. The summed E-state index contributed by atoms with van der Waals surface area (Å²) in [4.78, 5) is 33.4. The van der Waals surface area contributed by atoms with Crippen LogP contribution in [-0.2, 0) is 9.47 Å². The van der Waals surface area contributed by atoms with E-state index in [1.807, 2.05) is 0 Å². The summed E-state index contributed by atoms with van der Waals surface area (Å²) in [7, 11) is 0. The Bertz CT molecular complexity index is 1610. The van der Waals surface area contributed by atoms with Crippen LogP contribution in [0.2, 0.25) is 0 Å². The summed E-state index contributed by atoms with van der Waals surface area (Å²) < 4.78 is 113. The van der Waals surface area contributed by atoms with Crippen molar-refractivity contribution in [2.75, 3.05) is 19.7 Å². The lowest BCUT2D eigenvalue weighted by atomic mass is 10.1. The number of amides is 3. The van der Waals surface area contributed by atoms with Crippen LogP contribution in [0, 0.1) is 6.92 Å². The van der Waals surface area contributed by atoms with Gasteiger partial charge in [0.25, 0.3) is 5.91 Å². The van der Waals surface area contributed by atoms with Crippen LogP contribution in [0.5, 0.6) is 0 Å². The summed E-state index contributed by atoms with van der Waals surface area (Å²) in [6.45, 7) is -1.17. The predicted molar refractivity (Wildman–Crippen MR) is 138 cm³/mol. The van der Waals surface area contributed by atoms with Crippen molar-refractivity contribution in [2.45, 2.75) is 75.8 Å². The summed E-state index contributed by atoms with van der Waals surface area (Å²) >= 11 is 0. The molecule has 1 saturated carbocycles. The Labute approximate surface area is 248 Å². The number of benzene rings is 1. The minimum Gasteiger partial charge on any atom is -0.376 e. The van der Waals surface area contributed by atoms with Crippen LogP contribution in [-0.4, -0.2) is 86.9 Å². The average Bonchev–Trinajstić information content (AvgIpc) is 3.41. The van der Waals surface area contributed by atoms with Crippen molar-refractivity contribution >= 4 is 23.0 Å². The van der Waals surface area contributed by atoms with Crippen molar-refractivity contribution in [2.24, 2.45) is 0 Å². The van der Waals surface area contributed by atoms with Crippen molar-refractivity contribution in [1.82, 2.24) is 35.8 Å². The highest BCUT2D eigenvalue weighted by atomic mass is 19.4. The summed E-state index contributed by atoms with van der Waals surface area (Å²) in [6, 6.07) is -2.46. The second kappa shape index (κ2) is 11.5. The number of nitrogens with one attached hydrogen (secondary N) is 3. The molecule has 240 valence electrons. The fourth-order valence-electron chi connectivity index (χ4n) is 4.24. The first-order valence-corrected chi connectivity index (χ1v) is 13.4. The number of rotatable bonds is 11. The molecule has 3 amide bonds. The minimum absolute atomic E-state index is 0.0512. The largest absolute Gasteiger partial charge is 0.416 e. The molecule has 3 N–H and O–H groups in total. The molecule has 18 heteroatoms. The second-order valence-electron chi connectivity index (χ2n) is 10.9. The van der Waals surface area contributed by atoms with Gasteiger partial charge >= 0.3 is 18.4 Å². The number of halogens is 6. The van der Waals surface area contributed by atoms with E-state index >= 15 is 0 Å². The molecular weight excluding hydrogens is 604 g/mol. The van der Waals surface area contributed by atoms with Crippen molar-refractivity contribution < 1.29 is 52.8 Å². The number of carbonyl (C=O) groups excluding carboxylic acids is 2. The number of aromatic amines is 1. The zero-order chi connectivity index (χ0) is 33.8. The Morgan fingerprint density at radius 2 is 1.93 bits per heavy atom. The third kappa shape index (κ3) is 6.74. The summed E-state index contributed by atoms with van der Waals surface area (Å²) in [5.41, 5.74) is -2.10. The molecule has 3 atom stereocenters. The molecular formula is C26H29F6N7O5. The fourth-order valence-corrected chi connectivity index (χ4v) is 4.24. The van der Waals surface area contributed by atoms with Crippen LogP contribution < -0.4 is 10.6 Å². The third-order valence-electron chi connectivity index (χ3n) is 7.11. The van der Waals surface area contributed by atoms with E-state index in [1.165, 1.54) is 25.1 Å². The van der Waals surface area contributed by atoms with Gasteiger partial charge in [-0.05, 0) is 56.5 Å². The number of imidazole rings is 1. The van der Waals surface area contributed by atoms with Crippen molar-refractivity contribution in [3.05, 3.63) is 41.0 Å². The van der Waals surface area contributed by atoms with Gasteiger partial charge in [-0.25, -0.2) is 14.4 Å². The van der Waals surface area contributed by atoms with Gasteiger partial charge in [-0.1, -0.05) is 11.2 Å². The van der Waals surface area contributed by atoms with Crippen LogP contribution >= 0.6 is 0 Å². The molecule has 1 aromatic carbocycles. The number of carbonyl (C=O) groups is 2. The molecule has 5 rings (SSSR count). The summed E-state index contributed by atoms with van der Waals surface area (Å²) in [6.07, 6.45) is -8.63. The lowest BCUT2D eigenvalue weighted by Gasteiger charge is -2.29. The molecule has 44 heavy (non-hydrogen) atoms. The van der Waals surface area contributed by atoms with Crippen LogP contribution in [0.15, 0.2) is 22.8 Å². The maximum atomic E-state index is 13.6. The monoisotopic (exact) mass is 635 g/mol. The number of ether oxygens (including phenoxy) is 2. The number of H-pyrrole nitrogens is 1. The number of nitrogens with zero attached hydrogens (tertiary/aromatic N) is 4. The van der Waals surface area contributed by atoms with Crippen LogP contribution in [0.1, 0.15) is 69.1 Å². The van der Waals surface area contributed by atoms with Gasteiger partial charge < -0.3 is 30.0 Å². The molecule has 0 radical (unpaired) electrons. The molecule has 0 bridgehead atoms. The van der Waals surface area contributed by atoms with Crippen LogP contribution in [0.4, 0.5) is 31.1 Å². The quantitative estimate of drug-likeness (QED) is 0.265. The maximum absolute atomic E-state index is 13.6. The molecule has 3 heterocycles. The molecule has 2 fully saturated rings. The van der Waals surface area contributed by atoms with Gasteiger partial charge in [0.1, 0.15) is 23.6 Å². The topological polar surface area (TPSA) is 148 Å². The molecule has 2 aromatic heterocycles. The van der Waals surface area contributed by atoms with E-state index in [4.69, 9.17) is 12.2 Å². The smallest absolute Gasteiger partial charge is 0.376 e. The maximum Gasteiger partial charge on any atom is 0.416 e. The van der Waals surface area contributed by atoms with Gasteiger partial charge in [-0.3, -0.25) is 4.79 Å². The SMILES string of the molecule is [2H]C1([2H])[C@@H](C(F)(F)F)NC(=O)N1[C@H](COC1CC1)c1ccc2nc([C@H](COC(C)(C)C(F)(F)F)NC(=O)c3nonc3C)[nH]c2c1. The van der Waals surface area contributed by atoms with Crippen molar-refractivity contribution in [3.8, 4) is 0 Å². The molecule has 1 saturated heterocycles. The number of alkyl halides is 6. The van der Waals surface area contributed by atoms with Gasteiger partial charge in [0.15, 0.2) is 11.3 Å². The molecule has 1 aliphatic carbocycles. The van der Waals surface area contributed by atoms with E-state index in [1.54, 1.807) is 5.32 Å². The Morgan fingerprint density at radius 3 is 2.52 bits per heavy atom. The Kier molecular flexibility index (Phi) is 7.55. The lowest BCUT2D eigenvalue weighted by Crippen LogP contribution is -2.44. The number of aryl methyl sites for hydroxylation is 1. The summed E-state index contributed by atoms with van der Waals surface area (Å²) in [5.74, 6) is -0.901. The fraction of sp³-hybridized carbons (Fsp3) is 0.577. The van der Waals surface area contributed by atoms with Gasteiger partial charge in [0, 0.05) is 0 Å². The van der Waals surface area contributed by atoms with E-state index in [9.17, 15) is 35.9 Å². The first kappa shape index (κ1) is 28.8. The molecule has 0 spiro atoms. The number of aromatic nitrogens is 4. The highest BCUT2D eigenvalue weighted by Crippen LogP contribution is 2.35. The molecule has 0 unspecified atom stereocenters. The number of hydrogen-bond acceptors (Lipinski definition) is 8. The normalized spacial score (nSPS) is 21.2. The summed E-state index contributed by atoms with van der Waals surface area (Å²) in [5, 5.41) is 11.2. The van der Waals surface area contributed by atoms with E-state index in [0.29, 0.717) is 17.7 Å². The zero-order valence-corrected chi connectivity index (χ0v) is 23.5. The average molecular weight is 636 g/mol. The Hall–Kier alpha value is -3.93. The minimum atomic E-state index is -5.08. The zero-order valence-electron chi connectivity index (χ0n) is 25.5. The standard InChI is InChI=1S/C26H29F6N7O5/c1-12-20(38-44-37-12)22(40)35-17(10-43-24(2,3)26(30,31)32)21-33-15-7-4-13(8-16(15)34-21)18(11-42-14-5-6-14)39-9-19(25(27,28)29)36-23(39)41/h4,7-8,14,17-19H,5-6,9-11H2,1-3H3,(H,33,34)(H,35,40)(H,36,41)/t17-,18+,19-/m0/s1/i9D2. The third-order valence-corrected chi connectivity index (χ3v) is 7.11. The second-order valence-corrected chi connectivity index (χ2v) is 10.9. The lowest BCUT2D eigenvalue weighted by molar-refractivity contribution is -0.265. The molecule has 2 aliphatic rings. The molecule has 3 aromatic rings. The first-order chi connectivity index (χ1) is 21.3. The Morgan fingerprint density at radius 1 is 1.20 bits per heavy atom. The van der Waals surface area contributed by atoms with Crippen LogP contribution in [0.3, 0.4) is 0 Å². The van der Waals surface area contributed by atoms with E-state index < -0.39 is 61.1 Å². The van der Waals surface area contributed by atoms with E-state index in [2.05, 4.69) is 30.2 Å². The number of hydrogen-bond donors (Lipinski definition) is 3. The van der Waals surface area contributed by atoms with Gasteiger partial charge in [0.05, 0.1) is 45.6 Å². The highest BCUT2D eigenvalue weighted by Gasteiger charge is 2.50. The van der Waals surface area contributed by atoms with E-state index in [-0.39, 0.29) is 46.5 Å². The first-order valence-electron chi connectivity index (χ1n) is 14.4. The molecule has 12 nitrogen and oxygen atoms in total. The van der Waals surface area contributed by atoms with Gasteiger partial charge in [-0.15, -0.1) is 0 Å².